The SMILES string of the molecule is CCNC(=NCC1CCN(c2ccccc2)C1)N1CCC(COC)C1.I. The monoisotopic (exact) mass is 472 g/mol. The Morgan fingerprint density at radius 3 is 2.65 bits per heavy atom. The molecule has 0 radical (unpaired) electrons. The van der Waals surface area contributed by atoms with E-state index in [0.29, 0.717) is 11.8 Å². The highest BCUT2D eigenvalue weighted by molar-refractivity contribution is 14.0. The Balaban J connectivity index is 0.00000243. The summed E-state index contributed by atoms with van der Waals surface area (Å²) in [6.45, 7) is 9.22. The number of para-hydroxylation sites is 1. The maximum atomic E-state index is 5.32. The molecule has 0 spiro atoms. The Bertz CT molecular complexity index is 554. The number of benzene rings is 1. The van der Waals surface area contributed by atoms with Crippen LogP contribution in [0.5, 0.6) is 0 Å². The van der Waals surface area contributed by atoms with Gasteiger partial charge in [0.25, 0.3) is 0 Å². The number of anilines is 1. The molecule has 2 unspecified atom stereocenters. The van der Waals surface area contributed by atoms with E-state index in [2.05, 4.69) is 52.4 Å². The Kier molecular flexibility index (Phi) is 8.98. The zero-order valence-electron chi connectivity index (χ0n) is 16.1. The largest absolute Gasteiger partial charge is 0.384 e. The van der Waals surface area contributed by atoms with Gasteiger partial charge in [-0.3, -0.25) is 4.99 Å². The average molecular weight is 472 g/mol. The van der Waals surface area contributed by atoms with Crippen LogP contribution in [0, 0.1) is 11.8 Å². The number of guanidine groups is 1. The molecule has 6 heteroatoms. The molecule has 1 aromatic rings. The van der Waals surface area contributed by atoms with Crippen molar-refractivity contribution in [3.05, 3.63) is 30.3 Å². The molecule has 2 aliphatic rings. The minimum atomic E-state index is 0. The van der Waals surface area contributed by atoms with Crippen LogP contribution in [-0.4, -0.2) is 63.8 Å². The molecule has 0 bridgehead atoms. The van der Waals surface area contributed by atoms with Crippen LogP contribution in [-0.2, 0) is 4.74 Å². The average Bonchev–Trinajstić information content (AvgIpc) is 3.29. The second-order valence-electron chi connectivity index (χ2n) is 7.19. The summed E-state index contributed by atoms with van der Waals surface area (Å²) in [6, 6.07) is 10.7. The molecule has 2 fully saturated rings. The van der Waals surface area contributed by atoms with Crippen molar-refractivity contribution in [1.29, 1.82) is 0 Å². The van der Waals surface area contributed by atoms with Gasteiger partial charge in [-0.1, -0.05) is 18.2 Å². The highest BCUT2D eigenvalue weighted by atomic mass is 127. The molecule has 2 aliphatic heterocycles. The highest BCUT2D eigenvalue weighted by Gasteiger charge is 2.26. The quantitative estimate of drug-likeness (QED) is 0.393. The van der Waals surface area contributed by atoms with Gasteiger partial charge in [0.05, 0.1) is 6.61 Å². The third-order valence-electron chi connectivity index (χ3n) is 5.23. The molecule has 146 valence electrons. The van der Waals surface area contributed by atoms with Crippen molar-refractivity contribution in [3.8, 4) is 0 Å². The number of methoxy groups -OCH3 is 1. The van der Waals surface area contributed by atoms with E-state index in [4.69, 9.17) is 9.73 Å². The molecule has 0 aliphatic carbocycles. The summed E-state index contributed by atoms with van der Waals surface area (Å²) >= 11 is 0. The van der Waals surface area contributed by atoms with Gasteiger partial charge in [-0.2, -0.15) is 0 Å². The topological polar surface area (TPSA) is 40.1 Å². The van der Waals surface area contributed by atoms with Gasteiger partial charge in [0.15, 0.2) is 5.96 Å². The Labute approximate surface area is 175 Å². The highest BCUT2D eigenvalue weighted by Crippen LogP contribution is 2.24. The first-order valence-electron chi connectivity index (χ1n) is 9.62. The van der Waals surface area contributed by atoms with E-state index in [0.717, 1.165) is 51.8 Å². The van der Waals surface area contributed by atoms with Crippen molar-refractivity contribution in [2.45, 2.75) is 19.8 Å². The molecule has 5 nitrogen and oxygen atoms in total. The van der Waals surface area contributed by atoms with Crippen molar-refractivity contribution < 1.29 is 4.74 Å². The lowest BCUT2D eigenvalue weighted by molar-refractivity contribution is 0.157. The van der Waals surface area contributed by atoms with Crippen LogP contribution in [0.25, 0.3) is 0 Å². The Morgan fingerprint density at radius 2 is 1.92 bits per heavy atom. The van der Waals surface area contributed by atoms with E-state index in [1.165, 1.54) is 18.5 Å². The minimum Gasteiger partial charge on any atom is -0.384 e. The number of ether oxygens (including phenoxy) is 1. The number of nitrogens with one attached hydrogen (secondary N) is 1. The lowest BCUT2D eigenvalue weighted by Gasteiger charge is -2.22. The number of halogens is 1. The van der Waals surface area contributed by atoms with Gasteiger partial charge in [0.1, 0.15) is 0 Å². The van der Waals surface area contributed by atoms with E-state index in [1.807, 2.05) is 0 Å². The smallest absolute Gasteiger partial charge is 0.193 e. The maximum Gasteiger partial charge on any atom is 0.193 e. The first kappa shape index (κ1) is 21.3. The standard InChI is InChI=1S/C20H32N4O.HI/c1-3-21-20(24-12-10-18(15-24)16-25-2)22-13-17-9-11-23(14-17)19-7-5-4-6-8-19;/h4-8,17-18H,3,9-16H2,1-2H3,(H,21,22);1H. The molecule has 2 heterocycles. The Morgan fingerprint density at radius 1 is 1.15 bits per heavy atom. The summed E-state index contributed by atoms with van der Waals surface area (Å²) in [5, 5.41) is 3.48. The molecular weight excluding hydrogens is 439 g/mol. The van der Waals surface area contributed by atoms with Crippen LogP contribution in [0.3, 0.4) is 0 Å². The molecule has 3 rings (SSSR count). The zero-order chi connectivity index (χ0) is 17.5. The first-order valence-corrected chi connectivity index (χ1v) is 9.62. The van der Waals surface area contributed by atoms with Crippen LogP contribution in [0.15, 0.2) is 35.3 Å². The van der Waals surface area contributed by atoms with Crippen LogP contribution in [0.1, 0.15) is 19.8 Å². The van der Waals surface area contributed by atoms with E-state index in [-0.39, 0.29) is 24.0 Å². The summed E-state index contributed by atoms with van der Waals surface area (Å²) < 4.78 is 5.32. The van der Waals surface area contributed by atoms with Gasteiger partial charge in [-0.05, 0) is 37.8 Å². The van der Waals surface area contributed by atoms with Gasteiger partial charge in [0.2, 0.25) is 0 Å². The normalized spacial score (nSPS) is 23.2. The molecule has 26 heavy (non-hydrogen) atoms. The second kappa shape index (κ2) is 11.0. The van der Waals surface area contributed by atoms with Gasteiger partial charge < -0.3 is 19.9 Å². The van der Waals surface area contributed by atoms with Gasteiger partial charge >= 0.3 is 0 Å². The predicted molar refractivity (Wildman–Crippen MR) is 120 cm³/mol. The van der Waals surface area contributed by atoms with Crippen LogP contribution in [0.4, 0.5) is 5.69 Å². The van der Waals surface area contributed by atoms with E-state index in [9.17, 15) is 0 Å². The van der Waals surface area contributed by atoms with Gasteiger partial charge in [0, 0.05) is 58.0 Å². The Hall–Kier alpha value is -1.02. The molecule has 1 aromatic carbocycles. The van der Waals surface area contributed by atoms with Crippen molar-refractivity contribution in [3.63, 3.8) is 0 Å². The number of likely N-dealkylation sites (tertiary alicyclic amines) is 1. The lowest BCUT2D eigenvalue weighted by Crippen LogP contribution is -2.40. The molecule has 1 N–H and O–H groups in total. The number of hydrogen-bond acceptors (Lipinski definition) is 3. The van der Waals surface area contributed by atoms with Crippen molar-refractivity contribution in [2.24, 2.45) is 16.8 Å². The molecule has 0 amide bonds. The van der Waals surface area contributed by atoms with Crippen LogP contribution < -0.4 is 10.2 Å². The maximum absolute atomic E-state index is 5.32. The van der Waals surface area contributed by atoms with E-state index < -0.39 is 0 Å². The van der Waals surface area contributed by atoms with Crippen molar-refractivity contribution in [2.75, 3.05) is 57.9 Å². The summed E-state index contributed by atoms with van der Waals surface area (Å²) in [7, 11) is 1.79. The number of aliphatic imine (C=N–C) groups is 1. The number of rotatable bonds is 6. The zero-order valence-corrected chi connectivity index (χ0v) is 18.4. The fourth-order valence-electron chi connectivity index (χ4n) is 3.89. The molecule has 2 saturated heterocycles. The van der Waals surface area contributed by atoms with Gasteiger partial charge in [-0.15, -0.1) is 24.0 Å². The summed E-state index contributed by atoms with van der Waals surface area (Å²) in [5.74, 6) is 2.36. The van der Waals surface area contributed by atoms with E-state index in [1.54, 1.807) is 7.11 Å². The second-order valence-corrected chi connectivity index (χ2v) is 7.19. The molecule has 0 aromatic heterocycles. The fourth-order valence-corrected chi connectivity index (χ4v) is 3.89. The fraction of sp³-hybridized carbons (Fsp3) is 0.650. The molecule has 0 saturated carbocycles. The third-order valence-corrected chi connectivity index (χ3v) is 5.23. The molecule has 2 atom stereocenters. The summed E-state index contributed by atoms with van der Waals surface area (Å²) in [4.78, 5) is 9.85. The lowest BCUT2D eigenvalue weighted by atomic mass is 10.1. The number of nitrogens with zero attached hydrogens (tertiary/aromatic N) is 3. The third kappa shape index (κ3) is 5.74. The van der Waals surface area contributed by atoms with Crippen LogP contribution >= 0.6 is 24.0 Å². The summed E-state index contributed by atoms with van der Waals surface area (Å²) in [5.41, 5.74) is 1.34. The van der Waals surface area contributed by atoms with E-state index >= 15 is 0 Å². The van der Waals surface area contributed by atoms with Crippen molar-refractivity contribution >= 4 is 35.6 Å². The van der Waals surface area contributed by atoms with Crippen LogP contribution in [0.2, 0.25) is 0 Å². The first-order chi connectivity index (χ1) is 12.3. The van der Waals surface area contributed by atoms with Crippen molar-refractivity contribution in [1.82, 2.24) is 10.2 Å². The minimum absolute atomic E-state index is 0. The predicted octanol–water partition coefficient (Wildman–Crippen LogP) is 3.06. The number of hydrogen-bond donors (Lipinski definition) is 1. The van der Waals surface area contributed by atoms with Gasteiger partial charge in [-0.25, -0.2) is 0 Å². The summed E-state index contributed by atoms with van der Waals surface area (Å²) in [6.07, 6.45) is 2.42. The molecular formula is C20H33IN4O.